The molecular weight excluding hydrogens is 110 g/mol. The highest BCUT2D eigenvalue weighted by Crippen LogP contribution is 1.90. The Morgan fingerprint density at radius 2 is 2.22 bits per heavy atom. The normalized spacial score (nSPS) is 9.22. The van der Waals surface area contributed by atoms with Gasteiger partial charge in [0, 0.05) is 6.42 Å². The van der Waals surface area contributed by atoms with Gasteiger partial charge >= 0.3 is 0 Å². The van der Waals surface area contributed by atoms with Crippen LogP contribution in [0.1, 0.15) is 19.3 Å². The van der Waals surface area contributed by atoms with Crippen molar-refractivity contribution < 1.29 is 0 Å². The lowest BCUT2D eigenvalue weighted by Crippen LogP contribution is -1.62. The van der Waals surface area contributed by atoms with Gasteiger partial charge in [-0.2, -0.15) is 5.26 Å². The summed E-state index contributed by atoms with van der Waals surface area (Å²) in [6.07, 6.45) is 8.25. The molecule has 0 aromatic carbocycles. The molecule has 9 heavy (non-hydrogen) atoms. The maximum absolute atomic E-state index is 8.12. The van der Waals surface area contributed by atoms with Gasteiger partial charge in [-0.3, -0.25) is 0 Å². The molecule has 0 bridgehead atoms. The van der Waals surface area contributed by atoms with Crippen LogP contribution in [-0.2, 0) is 0 Å². The minimum Gasteiger partial charge on any atom is -0.198 e. The van der Waals surface area contributed by atoms with Gasteiger partial charge in [0.1, 0.15) is 0 Å². The van der Waals surface area contributed by atoms with Crippen LogP contribution in [0.4, 0.5) is 0 Å². The monoisotopic (exact) mass is 121 g/mol. The molecule has 0 fully saturated rings. The number of allylic oxidation sites excluding steroid dienone is 3. The largest absolute Gasteiger partial charge is 0.198 e. The molecule has 0 atom stereocenters. The first-order valence-electron chi connectivity index (χ1n) is 3.04. The average molecular weight is 121 g/mol. The van der Waals surface area contributed by atoms with E-state index in [1.54, 1.807) is 0 Å². The van der Waals surface area contributed by atoms with Gasteiger partial charge in [-0.25, -0.2) is 0 Å². The van der Waals surface area contributed by atoms with E-state index in [1.165, 1.54) is 0 Å². The summed E-state index contributed by atoms with van der Waals surface area (Å²) in [5.74, 6) is 0. The van der Waals surface area contributed by atoms with Gasteiger partial charge in [-0.1, -0.05) is 18.2 Å². The van der Waals surface area contributed by atoms with Crippen LogP contribution in [0.15, 0.2) is 24.8 Å². The van der Waals surface area contributed by atoms with E-state index in [4.69, 9.17) is 5.26 Å². The highest BCUT2D eigenvalue weighted by molar-refractivity contribution is 4.90. The van der Waals surface area contributed by atoms with Crippen molar-refractivity contribution in [2.45, 2.75) is 19.3 Å². The molecule has 0 rings (SSSR count). The number of hydrogen-bond donors (Lipinski definition) is 0. The minimum absolute atomic E-state index is 0.619. The fourth-order valence-corrected chi connectivity index (χ4v) is 0.458. The van der Waals surface area contributed by atoms with E-state index in [0.717, 1.165) is 12.8 Å². The molecule has 0 amide bonds. The van der Waals surface area contributed by atoms with E-state index in [-0.39, 0.29) is 0 Å². The van der Waals surface area contributed by atoms with Crippen LogP contribution < -0.4 is 0 Å². The highest BCUT2D eigenvalue weighted by Gasteiger charge is 1.74. The molecule has 48 valence electrons. The molecule has 0 unspecified atom stereocenters. The first-order valence-corrected chi connectivity index (χ1v) is 3.04. The van der Waals surface area contributed by atoms with E-state index in [1.807, 2.05) is 18.2 Å². The van der Waals surface area contributed by atoms with E-state index in [2.05, 4.69) is 12.6 Å². The van der Waals surface area contributed by atoms with Crippen molar-refractivity contribution in [3.05, 3.63) is 24.8 Å². The third-order valence-electron chi connectivity index (χ3n) is 0.892. The molecule has 0 aliphatic rings. The fraction of sp³-hybridized carbons (Fsp3) is 0.375. The van der Waals surface area contributed by atoms with Crippen molar-refractivity contribution in [2.75, 3.05) is 0 Å². The van der Waals surface area contributed by atoms with Crippen molar-refractivity contribution in [1.29, 1.82) is 5.26 Å². The second-order valence-electron chi connectivity index (χ2n) is 1.69. The van der Waals surface area contributed by atoms with Crippen molar-refractivity contribution in [3.8, 4) is 6.07 Å². The predicted octanol–water partition coefficient (Wildman–Crippen LogP) is 2.42. The summed E-state index contributed by atoms with van der Waals surface area (Å²) in [6, 6.07) is 2.07. The zero-order chi connectivity index (χ0) is 6.95. The van der Waals surface area contributed by atoms with Crippen molar-refractivity contribution >= 4 is 0 Å². The molecule has 0 aromatic rings. The van der Waals surface area contributed by atoms with Crippen LogP contribution in [-0.4, -0.2) is 0 Å². The topological polar surface area (TPSA) is 23.8 Å². The van der Waals surface area contributed by atoms with Gasteiger partial charge in [-0.15, -0.1) is 6.58 Å². The van der Waals surface area contributed by atoms with Gasteiger partial charge in [0.15, 0.2) is 0 Å². The Hall–Kier alpha value is -1.03. The van der Waals surface area contributed by atoms with Crippen LogP contribution in [0, 0.1) is 11.3 Å². The molecule has 0 aliphatic heterocycles. The van der Waals surface area contributed by atoms with E-state index >= 15 is 0 Å². The van der Waals surface area contributed by atoms with Crippen molar-refractivity contribution in [3.63, 3.8) is 0 Å². The van der Waals surface area contributed by atoms with E-state index < -0.39 is 0 Å². The Morgan fingerprint density at radius 1 is 1.44 bits per heavy atom. The second kappa shape index (κ2) is 6.97. The molecule has 0 spiro atoms. The van der Waals surface area contributed by atoms with Gasteiger partial charge in [0.05, 0.1) is 6.07 Å². The van der Waals surface area contributed by atoms with Gasteiger partial charge < -0.3 is 0 Å². The fourth-order valence-electron chi connectivity index (χ4n) is 0.458. The first kappa shape index (κ1) is 7.97. The summed E-state index contributed by atoms with van der Waals surface area (Å²) in [5.41, 5.74) is 0. The number of hydrogen-bond acceptors (Lipinski definition) is 1. The quantitative estimate of drug-likeness (QED) is 0.414. The Morgan fingerprint density at radius 3 is 2.78 bits per heavy atom. The Balaban J connectivity index is 3.06. The SMILES string of the molecule is C=CCC=CCCC#N. The number of nitriles is 1. The zero-order valence-electron chi connectivity index (χ0n) is 5.51. The first-order chi connectivity index (χ1) is 4.41. The van der Waals surface area contributed by atoms with Gasteiger partial charge in [-0.05, 0) is 12.8 Å². The highest BCUT2D eigenvalue weighted by atomic mass is 14.2. The number of unbranched alkanes of at least 4 members (excludes halogenated alkanes) is 1. The van der Waals surface area contributed by atoms with Crippen LogP contribution in [0.25, 0.3) is 0 Å². The molecule has 0 saturated carbocycles. The van der Waals surface area contributed by atoms with Gasteiger partial charge in [0.25, 0.3) is 0 Å². The van der Waals surface area contributed by atoms with Crippen LogP contribution in [0.5, 0.6) is 0 Å². The van der Waals surface area contributed by atoms with Crippen molar-refractivity contribution in [1.82, 2.24) is 0 Å². The maximum Gasteiger partial charge on any atom is 0.0624 e. The Kier molecular flexibility index (Phi) is 6.17. The average Bonchev–Trinajstić information content (AvgIpc) is 1.89. The van der Waals surface area contributed by atoms with E-state index in [0.29, 0.717) is 6.42 Å². The summed E-state index contributed by atoms with van der Waals surface area (Å²) in [6.45, 7) is 3.56. The summed E-state index contributed by atoms with van der Waals surface area (Å²) < 4.78 is 0. The lowest BCUT2D eigenvalue weighted by atomic mass is 10.3. The molecule has 0 N–H and O–H groups in total. The molecule has 0 saturated heterocycles. The number of nitrogens with zero attached hydrogens (tertiary/aromatic N) is 1. The van der Waals surface area contributed by atoms with Crippen LogP contribution in [0.2, 0.25) is 0 Å². The molecule has 0 heterocycles. The third kappa shape index (κ3) is 6.97. The summed E-state index contributed by atoms with van der Waals surface area (Å²) in [7, 11) is 0. The predicted molar refractivity (Wildman–Crippen MR) is 38.8 cm³/mol. The molecular formula is C8H11N. The standard InChI is InChI=1S/C8H11N/c1-2-3-4-5-6-7-8-9/h2,4-5H,1,3,6-7H2. The van der Waals surface area contributed by atoms with Crippen molar-refractivity contribution in [2.24, 2.45) is 0 Å². The molecule has 1 nitrogen and oxygen atoms in total. The minimum atomic E-state index is 0.619. The lowest BCUT2D eigenvalue weighted by molar-refractivity contribution is 1.05. The van der Waals surface area contributed by atoms with Crippen LogP contribution in [0.3, 0.4) is 0 Å². The Labute approximate surface area is 56.3 Å². The summed E-state index contributed by atoms with van der Waals surface area (Å²) in [4.78, 5) is 0. The molecule has 1 heteroatoms. The smallest absolute Gasteiger partial charge is 0.0624 e. The van der Waals surface area contributed by atoms with E-state index in [9.17, 15) is 0 Å². The molecule has 0 radical (unpaired) electrons. The zero-order valence-corrected chi connectivity index (χ0v) is 5.51. The van der Waals surface area contributed by atoms with Crippen LogP contribution >= 0.6 is 0 Å². The third-order valence-corrected chi connectivity index (χ3v) is 0.892. The summed E-state index contributed by atoms with van der Waals surface area (Å²) in [5, 5.41) is 8.12. The Bertz CT molecular complexity index is 128. The number of rotatable bonds is 4. The molecule has 0 aromatic heterocycles. The summed E-state index contributed by atoms with van der Waals surface area (Å²) >= 11 is 0. The second-order valence-corrected chi connectivity index (χ2v) is 1.69. The van der Waals surface area contributed by atoms with Gasteiger partial charge in [0.2, 0.25) is 0 Å². The molecule has 0 aliphatic carbocycles. The maximum atomic E-state index is 8.12. The lowest BCUT2D eigenvalue weighted by Gasteiger charge is -1.79.